The Bertz CT molecular complexity index is 593. The highest BCUT2D eigenvalue weighted by atomic mass is 16.1. The number of nitrogens with one attached hydrogen (secondary N) is 1. The molecule has 0 radical (unpaired) electrons. The normalized spacial score (nSPS) is 10.3. The van der Waals surface area contributed by atoms with Crippen LogP contribution >= 0.6 is 0 Å². The van der Waals surface area contributed by atoms with Crippen molar-refractivity contribution in [3.63, 3.8) is 0 Å². The number of benzene rings is 2. The molecule has 20 heavy (non-hydrogen) atoms. The van der Waals surface area contributed by atoms with Gasteiger partial charge in [-0.05, 0) is 56.1 Å². The van der Waals surface area contributed by atoms with Crippen LogP contribution in [0.1, 0.15) is 27.9 Å². The average Bonchev–Trinajstić information content (AvgIpc) is 2.45. The minimum Gasteiger partial charge on any atom is -0.330 e. The maximum Gasteiger partial charge on any atom is 0.255 e. The van der Waals surface area contributed by atoms with Crippen molar-refractivity contribution in [2.75, 3.05) is 11.9 Å². The van der Waals surface area contributed by atoms with Gasteiger partial charge in [0, 0.05) is 11.3 Å². The number of carbonyl (C=O) groups excluding carboxylic acids is 1. The SMILES string of the molecule is Cc1cccc(C(=O)Nc2cccc(CCCN)c2)c1. The van der Waals surface area contributed by atoms with Gasteiger partial charge < -0.3 is 11.1 Å². The molecule has 2 rings (SSSR count). The molecule has 3 heteroatoms. The second-order valence-corrected chi connectivity index (χ2v) is 4.92. The summed E-state index contributed by atoms with van der Waals surface area (Å²) in [5.74, 6) is -0.0790. The minimum atomic E-state index is -0.0790. The summed E-state index contributed by atoms with van der Waals surface area (Å²) in [5.41, 5.74) is 9.29. The van der Waals surface area contributed by atoms with E-state index in [1.165, 1.54) is 5.56 Å². The van der Waals surface area contributed by atoms with Crippen LogP contribution in [0.2, 0.25) is 0 Å². The summed E-state index contributed by atoms with van der Waals surface area (Å²) >= 11 is 0. The molecular formula is C17H20N2O. The van der Waals surface area contributed by atoms with Gasteiger partial charge in [0.15, 0.2) is 0 Å². The lowest BCUT2D eigenvalue weighted by Gasteiger charge is -2.08. The monoisotopic (exact) mass is 268 g/mol. The second-order valence-electron chi connectivity index (χ2n) is 4.92. The standard InChI is InChI=1S/C17H20N2O/c1-13-5-2-8-15(11-13)17(20)19-16-9-3-6-14(12-16)7-4-10-18/h2-3,5-6,8-9,11-12H,4,7,10,18H2,1H3,(H,19,20). The van der Waals surface area contributed by atoms with Crippen molar-refractivity contribution < 1.29 is 4.79 Å². The summed E-state index contributed by atoms with van der Waals surface area (Å²) in [4.78, 5) is 12.2. The van der Waals surface area contributed by atoms with E-state index in [-0.39, 0.29) is 5.91 Å². The predicted molar refractivity (Wildman–Crippen MR) is 82.9 cm³/mol. The van der Waals surface area contributed by atoms with Crippen LogP contribution in [0, 0.1) is 6.92 Å². The van der Waals surface area contributed by atoms with E-state index in [4.69, 9.17) is 5.73 Å². The number of rotatable bonds is 5. The molecular weight excluding hydrogens is 248 g/mol. The molecule has 0 saturated carbocycles. The molecule has 0 aliphatic carbocycles. The molecule has 0 unspecified atom stereocenters. The number of aryl methyl sites for hydroxylation is 2. The lowest BCUT2D eigenvalue weighted by molar-refractivity contribution is 0.102. The lowest BCUT2D eigenvalue weighted by atomic mass is 10.1. The van der Waals surface area contributed by atoms with Gasteiger partial charge in [0.1, 0.15) is 0 Å². The molecule has 0 fully saturated rings. The van der Waals surface area contributed by atoms with Gasteiger partial charge in [-0.1, -0.05) is 29.8 Å². The largest absolute Gasteiger partial charge is 0.330 e. The van der Waals surface area contributed by atoms with Gasteiger partial charge in [0.2, 0.25) is 0 Å². The molecule has 0 aromatic heterocycles. The first-order chi connectivity index (χ1) is 9.69. The molecule has 0 spiro atoms. The van der Waals surface area contributed by atoms with Gasteiger partial charge >= 0.3 is 0 Å². The van der Waals surface area contributed by atoms with E-state index >= 15 is 0 Å². The molecule has 1 amide bonds. The van der Waals surface area contributed by atoms with Crippen LogP contribution in [0.15, 0.2) is 48.5 Å². The third-order valence-electron chi connectivity index (χ3n) is 3.13. The van der Waals surface area contributed by atoms with Gasteiger partial charge in [-0.15, -0.1) is 0 Å². The van der Waals surface area contributed by atoms with E-state index in [1.807, 2.05) is 49.4 Å². The van der Waals surface area contributed by atoms with Crippen LogP contribution in [0.4, 0.5) is 5.69 Å². The first kappa shape index (κ1) is 14.3. The van der Waals surface area contributed by atoms with Gasteiger partial charge in [-0.3, -0.25) is 4.79 Å². The van der Waals surface area contributed by atoms with Crippen molar-refractivity contribution in [1.82, 2.24) is 0 Å². The Kier molecular flexibility index (Phi) is 4.91. The Morgan fingerprint density at radius 1 is 1.15 bits per heavy atom. The van der Waals surface area contributed by atoms with Crippen LogP contribution in [0.3, 0.4) is 0 Å². The highest BCUT2D eigenvalue weighted by Crippen LogP contribution is 2.14. The highest BCUT2D eigenvalue weighted by molar-refractivity contribution is 6.04. The van der Waals surface area contributed by atoms with E-state index in [9.17, 15) is 4.79 Å². The summed E-state index contributed by atoms with van der Waals surface area (Å²) in [6.45, 7) is 2.66. The number of nitrogens with two attached hydrogens (primary N) is 1. The van der Waals surface area contributed by atoms with Crippen LogP contribution in [0.25, 0.3) is 0 Å². The number of anilines is 1. The Balaban J connectivity index is 2.07. The fraction of sp³-hybridized carbons (Fsp3) is 0.235. The Hall–Kier alpha value is -2.13. The molecule has 0 saturated heterocycles. The Labute approximate surface area is 119 Å². The molecule has 0 bridgehead atoms. The second kappa shape index (κ2) is 6.87. The number of amides is 1. The molecule has 0 aliphatic rings. The van der Waals surface area contributed by atoms with E-state index in [2.05, 4.69) is 11.4 Å². The zero-order chi connectivity index (χ0) is 14.4. The molecule has 2 aromatic rings. The van der Waals surface area contributed by atoms with Crippen LogP contribution in [0.5, 0.6) is 0 Å². The first-order valence-electron chi connectivity index (χ1n) is 6.86. The summed E-state index contributed by atoms with van der Waals surface area (Å²) in [6.07, 6.45) is 1.89. The molecule has 0 heterocycles. The van der Waals surface area contributed by atoms with Crippen molar-refractivity contribution in [2.45, 2.75) is 19.8 Å². The van der Waals surface area contributed by atoms with Crippen molar-refractivity contribution in [3.8, 4) is 0 Å². The molecule has 0 aliphatic heterocycles. The molecule has 3 N–H and O–H groups in total. The predicted octanol–water partition coefficient (Wildman–Crippen LogP) is 3.14. The van der Waals surface area contributed by atoms with Crippen molar-refractivity contribution in [3.05, 3.63) is 65.2 Å². The topological polar surface area (TPSA) is 55.1 Å². The third kappa shape index (κ3) is 3.93. The van der Waals surface area contributed by atoms with Gasteiger partial charge in [0.25, 0.3) is 5.91 Å². The van der Waals surface area contributed by atoms with E-state index in [1.54, 1.807) is 0 Å². The fourth-order valence-electron chi connectivity index (χ4n) is 2.10. The maximum absolute atomic E-state index is 12.2. The summed E-state index contributed by atoms with van der Waals surface area (Å²) in [7, 11) is 0. The van der Waals surface area contributed by atoms with Crippen LogP contribution in [-0.4, -0.2) is 12.5 Å². The highest BCUT2D eigenvalue weighted by Gasteiger charge is 2.06. The first-order valence-corrected chi connectivity index (χ1v) is 6.86. The number of carbonyl (C=O) groups is 1. The Morgan fingerprint density at radius 2 is 1.95 bits per heavy atom. The number of hydrogen-bond acceptors (Lipinski definition) is 2. The summed E-state index contributed by atoms with van der Waals surface area (Å²) < 4.78 is 0. The maximum atomic E-state index is 12.2. The van der Waals surface area contributed by atoms with Crippen molar-refractivity contribution >= 4 is 11.6 Å². The fourth-order valence-corrected chi connectivity index (χ4v) is 2.10. The molecule has 2 aromatic carbocycles. The number of hydrogen-bond donors (Lipinski definition) is 2. The summed E-state index contributed by atoms with van der Waals surface area (Å²) in [5, 5.41) is 2.93. The van der Waals surface area contributed by atoms with E-state index in [0.717, 1.165) is 24.1 Å². The molecule has 3 nitrogen and oxygen atoms in total. The van der Waals surface area contributed by atoms with Crippen molar-refractivity contribution in [1.29, 1.82) is 0 Å². The van der Waals surface area contributed by atoms with Crippen LogP contribution < -0.4 is 11.1 Å². The van der Waals surface area contributed by atoms with Gasteiger partial charge in [-0.2, -0.15) is 0 Å². The minimum absolute atomic E-state index is 0.0790. The zero-order valence-corrected chi connectivity index (χ0v) is 11.7. The quantitative estimate of drug-likeness (QED) is 0.875. The zero-order valence-electron chi connectivity index (χ0n) is 11.7. The smallest absolute Gasteiger partial charge is 0.255 e. The summed E-state index contributed by atoms with van der Waals surface area (Å²) in [6, 6.07) is 15.5. The average molecular weight is 268 g/mol. The lowest BCUT2D eigenvalue weighted by Crippen LogP contribution is -2.12. The molecule has 104 valence electrons. The van der Waals surface area contributed by atoms with Crippen LogP contribution in [-0.2, 0) is 6.42 Å². The molecule has 0 atom stereocenters. The third-order valence-corrected chi connectivity index (χ3v) is 3.13. The van der Waals surface area contributed by atoms with Crippen molar-refractivity contribution in [2.24, 2.45) is 5.73 Å². The van der Waals surface area contributed by atoms with Gasteiger partial charge in [0.05, 0.1) is 0 Å². The van der Waals surface area contributed by atoms with E-state index < -0.39 is 0 Å². The van der Waals surface area contributed by atoms with Gasteiger partial charge in [-0.25, -0.2) is 0 Å². The Morgan fingerprint density at radius 3 is 2.70 bits per heavy atom. The van der Waals surface area contributed by atoms with E-state index in [0.29, 0.717) is 12.1 Å².